The minimum Gasteiger partial charge on any atom is -0.377 e. The van der Waals surface area contributed by atoms with Crippen LogP contribution in [0.15, 0.2) is 18.3 Å². The number of rotatable bonds is 3. The maximum absolute atomic E-state index is 11.4. The molecule has 1 aromatic rings. The van der Waals surface area contributed by atoms with E-state index in [0.29, 0.717) is 11.3 Å². The van der Waals surface area contributed by atoms with Crippen LogP contribution >= 0.6 is 30.1 Å². The normalized spacial score (nSPS) is 8.47. The Morgan fingerprint density at radius 3 is 2.71 bits per heavy atom. The summed E-state index contributed by atoms with van der Waals surface area (Å²) in [6.07, 6.45) is 1.52. The monoisotopic (exact) mass is 363 g/mol. The van der Waals surface area contributed by atoms with E-state index in [-0.39, 0.29) is 12.4 Å². The number of aromatic nitrogens is 1. The molecule has 0 amide bonds. The van der Waals surface area contributed by atoms with E-state index in [4.69, 9.17) is 4.74 Å². The number of nitrogens with zero attached hydrogens (tertiary/aromatic N) is 1. The zero-order chi connectivity index (χ0) is 13.1. The number of Topliss-reactive ketones (excluding diaryl/α,β-unsaturated/α-hetero) is 1. The first-order chi connectivity index (χ1) is 8.27. The number of methoxy groups -OCH3 is 1. The van der Waals surface area contributed by atoms with Gasteiger partial charge < -0.3 is 4.74 Å². The van der Waals surface area contributed by atoms with E-state index < -0.39 is 0 Å². The molecule has 0 aliphatic heterocycles. The molecule has 17 heavy (non-hydrogen) atoms. The van der Waals surface area contributed by atoms with Crippen LogP contribution in [0.5, 0.6) is 0 Å². The van der Waals surface area contributed by atoms with Crippen LogP contribution in [0, 0.1) is 11.2 Å². The second kappa shape index (κ2) is 10.6. The third-order valence-electron chi connectivity index (χ3n) is 1.58. The highest BCUT2D eigenvalue weighted by molar-refractivity contribution is 14.2. The van der Waals surface area contributed by atoms with Crippen LogP contribution in [0.2, 0.25) is 0 Å². The second-order valence-electron chi connectivity index (χ2n) is 2.59. The van der Waals surface area contributed by atoms with Gasteiger partial charge in [0.25, 0.3) is 0 Å². The highest BCUT2D eigenvalue weighted by Crippen LogP contribution is 2.08. The molecule has 0 aromatic carbocycles. The number of carbonyl (C=O) groups excluding carboxylic acids is 1. The van der Waals surface area contributed by atoms with E-state index in [1.165, 1.54) is 22.2 Å². The Labute approximate surface area is 118 Å². The van der Waals surface area contributed by atoms with E-state index in [1.54, 1.807) is 12.1 Å². The number of ketones is 1. The molecule has 3 nitrogen and oxygen atoms in total. The van der Waals surface area contributed by atoms with Gasteiger partial charge in [0.1, 0.15) is 12.3 Å². The van der Waals surface area contributed by atoms with Crippen molar-refractivity contribution in [3.63, 3.8) is 0 Å². The molecule has 0 unspecified atom stereocenters. The topological polar surface area (TPSA) is 39.2 Å². The molecule has 0 fully saturated rings. The summed E-state index contributed by atoms with van der Waals surface area (Å²) in [4.78, 5) is 15.4. The molecule has 0 atom stereocenters. The van der Waals surface area contributed by atoms with Crippen LogP contribution in [-0.2, 0) is 4.74 Å². The Kier molecular flexibility index (Phi) is 10.2. The molecule has 5 heteroatoms. The Hall–Kier alpha value is -0.580. The van der Waals surface area contributed by atoms with Gasteiger partial charge in [-0.3, -0.25) is 4.79 Å². The van der Waals surface area contributed by atoms with Crippen molar-refractivity contribution in [2.45, 2.75) is 13.8 Å². The first-order valence-corrected chi connectivity index (χ1v) is 8.40. The van der Waals surface area contributed by atoms with Crippen LogP contribution < -0.4 is 0 Å². The summed E-state index contributed by atoms with van der Waals surface area (Å²) >= 11 is 2.09. The Morgan fingerprint density at radius 2 is 2.24 bits per heavy atom. The number of pyridine rings is 1. The quantitative estimate of drug-likeness (QED) is 0.469. The van der Waals surface area contributed by atoms with Gasteiger partial charge in [0, 0.05) is 40.1 Å². The van der Waals surface area contributed by atoms with Crippen LogP contribution in [0.3, 0.4) is 0 Å². The first-order valence-electron chi connectivity index (χ1n) is 5.04. The van der Waals surface area contributed by atoms with Gasteiger partial charge in [-0.1, -0.05) is 13.8 Å². The van der Waals surface area contributed by atoms with E-state index in [0.717, 1.165) is 0 Å². The van der Waals surface area contributed by atoms with Crippen LogP contribution in [-0.4, -0.2) is 24.5 Å². The second-order valence-corrected chi connectivity index (χ2v) is 4.27. The Balaban J connectivity index is 0.00000121. The van der Waals surface area contributed by atoms with Gasteiger partial charge in [-0.2, -0.15) is 0 Å². The lowest BCUT2D eigenvalue weighted by molar-refractivity contribution is 0.0847. The molecule has 0 N–H and O–H groups in total. The number of carbonyl (C=O) groups is 1. The summed E-state index contributed by atoms with van der Waals surface area (Å²) in [7, 11) is 2.89. The SMILES string of the molecule is CC.COCC(=O)c1ccc(C#CSI)nc1. The minimum atomic E-state index is -0.0761. The molecule has 1 heterocycles. The molecule has 0 aliphatic carbocycles. The summed E-state index contributed by atoms with van der Waals surface area (Å²) in [5.74, 6) is 2.77. The highest BCUT2D eigenvalue weighted by Gasteiger charge is 2.04. The Bertz CT molecular complexity index is 395. The molecule has 0 aliphatic rings. The van der Waals surface area contributed by atoms with Gasteiger partial charge in [0.15, 0.2) is 5.78 Å². The van der Waals surface area contributed by atoms with Crippen LogP contribution in [0.1, 0.15) is 29.9 Å². The van der Waals surface area contributed by atoms with E-state index in [9.17, 15) is 4.79 Å². The predicted octanol–water partition coefficient (Wildman–Crippen LogP) is 3.33. The summed E-state index contributed by atoms with van der Waals surface area (Å²) in [5.41, 5.74) is 1.21. The van der Waals surface area contributed by atoms with Crippen LogP contribution in [0.25, 0.3) is 0 Å². The number of hydrogen-bond acceptors (Lipinski definition) is 4. The molecular weight excluding hydrogens is 349 g/mol. The lowest BCUT2D eigenvalue weighted by atomic mass is 10.2. The van der Waals surface area contributed by atoms with Gasteiger partial charge in [-0.05, 0) is 32.2 Å². The molecule has 0 radical (unpaired) electrons. The standard InChI is InChI=1S/C10H8INO2S.C2H6/c1-14-7-10(13)8-2-3-9(12-6-8)4-5-15-11;1-2/h2-3,6H,7H2,1H3;1-2H3. The molecule has 92 valence electrons. The molecule has 0 spiro atoms. The summed E-state index contributed by atoms with van der Waals surface area (Å²) < 4.78 is 4.74. The zero-order valence-electron chi connectivity index (χ0n) is 9.99. The van der Waals surface area contributed by atoms with Crippen molar-refractivity contribution >= 4 is 35.9 Å². The highest BCUT2D eigenvalue weighted by atomic mass is 127. The summed E-state index contributed by atoms with van der Waals surface area (Å²) in [5, 5.41) is 2.82. The third-order valence-corrected chi connectivity index (χ3v) is 2.42. The fraction of sp³-hybridized carbons (Fsp3) is 0.333. The Morgan fingerprint density at radius 1 is 1.53 bits per heavy atom. The minimum absolute atomic E-state index is 0.0761. The number of halogens is 1. The molecule has 1 rings (SSSR count). The fourth-order valence-corrected chi connectivity index (χ4v) is 1.39. The van der Waals surface area contributed by atoms with Crippen molar-refractivity contribution in [3.05, 3.63) is 29.6 Å². The van der Waals surface area contributed by atoms with Gasteiger partial charge in [0.2, 0.25) is 0 Å². The largest absolute Gasteiger partial charge is 0.377 e. The lowest BCUT2D eigenvalue weighted by Gasteiger charge is -1.98. The molecule has 1 aromatic heterocycles. The van der Waals surface area contributed by atoms with Crippen molar-refractivity contribution in [1.82, 2.24) is 4.98 Å². The zero-order valence-corrected chi connectivity index (χ0v) is 13.0. The average molecular weight is 363 g/mol. The molecule has 0 saturated carbocycles. The van der Waals surface area contributed by atoms with E-state index in [1.807, 2.05) is 13.8 Å². The van der Waals surface area contributed by atoms with Crippen molar-refractivity contribution in [3.8, 4) is 11.2 Å². The maximum Gasteiger partial charge on any atom is 0.189 e. The van der Waals surface area contributed by atoms with Crippen molar-refractivity contribution in [1.29, 1.82) is 0 Å². The van der Waals surface area contributed by atoms with Crippen LogP contribution in [0.4, 0.5) is 0 Å². The first kappa shape index (κ1) is 16.4. The fourth-order valence-electron chi connectivity index (χ4n) is 0.919. The average Bonchev–Trinajstić information content (AvgIpc) is 2.39. The number of ether oxygens (including phenoxy) is 1. The predicted molar refractivity (Wildman–Crippen MR) is 80.3 cm³/mol. The van der Waals surface area contributed by atoms with Crippen molar-refractivity contribution in [2.75, 3.05) is 13.7 Å². The summed E-state index contributed by atoms with van der Waals surface area (Å²) in [6.45, 7) is 4.08. The molecular formula is C12H14INO2S. The third kappa shape index (κ3) is 6.66. The van der Waals surface area contributed by atoms with Gasteiger partial charge in [-0.25, -0.2) is 4.98 Å². The lowest BCUT2D eigenvalue weighted by Crippen LogP contribution is -2.07. The van der Waals surface area contributed by atoms with Gasteiger partial charge in [-0.15, -0.1) is 0 Å². The number of hydrogen-bond donors (Lipinski definition) is 0. The van der Waals surface area contributed by atoms with E-state index >= 15 is 0 Å². The summed E-state index contributed by atoms with van der Waals surface area (Å²) in [6, 6.07) is 3.43. The molecule has 0 bridgehead atoms. The smallest absolute Gasteiger partial charge is 0.189 e. The maximum atomic E-state index is 11.4. The van der Waals surface area contributed by atoms with Gasteiger partial charge in [0.05, 0.1) is 0 Å². The molecule has 0 saturated heterocycles. The van der Waals surface area contributed by atoms with Crippen molar-refractivity contribution in [2.24, 2.45) is 0 Å². The van der Waals surface area contributed by atoms with Crippen molar-refractivity contribution < 1.29 is 9.53 Å². The van der Waals surface area contributed by atoms with E-state index in [2.05, 4.69) is 37.4 Å². The van der Waals surface area contributed by atoms with Gasteiger partial charge >= 0.3 is 0 Å².